The predicted octanol–water partition coefficient (Wildman–Crippen LogP) is 1.89. The zero-order valence-electron chi connectivity index (χ0n) is 7.01. The molecule has 0 aliphatic carbocycles. The second-order valence-corrected chi connectivity index (χ2v) is 3.60. The van der Waals surface area contributed by atoms with Gasteiger partial charge in [0.25, 0.3) is 6.43 Å². The van der Waals surface area contributed by atoms with Crippen LogP contribution in [0.1, 0.15) is 28.0 Å². The molecule has 1 heterocycles. The third kappa shape index (κ3) is 2.06. The molecule has 0 fully saturated rings. The number of carbonyl (C=O) groups is 1. The standard InChI is InChI=1S/C8H7F2IN2O/c9-8(10)6-5(3-14)13-2-4(1-12)7(6)11/h2-3,8H,1,12H2. The Hall–Kier alpha value is -0.630. The normalized spacial score (nSPS) is 10.6. The molecule has 0 aliphatic rings. The van der Waals surface area contributed by atoms with Crippen molar-refractivity contribution in [3.63, 3.8) is 0 Å². The lowest BCUT2D eigenvalue weighted by Gasteiger charge is -2.09. The highest BCUT2D eigenvalue weighted by Crippen LogP contribution is 2.28. The number of hydrogen-bond donors (Lipinski definition) is 1. The highest BCUT2D eigenvalue weighted by Gasteiger charge is 2.19. The summed E-state index contributed by atoms with van der Waals surface area (Å²) in [6.45, 7) is 0.129. The van der Waals surface area contributed by atoms with Gasteiger partial charge in [-0.15, -0.1) is 0 Å². The van der Waals surface area contributed by atoms with Gasteiger partial charge in [0.1, 0.15) is 5.69 Å². The Morgan fingerprint density at radius 2 is 2.29 bits per heavy atom. The van der Waals surface area contributed by atoms with Crippen molar-refractivity contribution in [1.82, 2.24) is 4.98 Å². The van der Waals surface area contributed by atoms with Gasteiger partial charge in [0.15, 0.2) is 6.29 Å². The van der Waals surface area contributed by atoms with Crippen LogP contribution in [0, 0.1) is 3.57 Å². The van der Waals surface area contributed by atoms with Crippen molar-refractivity contribution in [3.05, 3.63) is 26.6 Å². The van der Waals surface area contributed by atoms with E-state index in [-0.39, 0.29) is 17.8 Å². The Labute approximate surface area is 92.8 Å². The first-order valence-corrected chi connectivity index (χ1v) is 4.80. The van der Waals surface area contributed by atoms with E-state index in [1.54, 1.807) is 22.6 Å². The Morgan fingerprint density at radius 1 is 1.64 bits per heavy atom. The van der Waals surface area contributed by atoms with Crippen LogP contribution in [0.25, 0.3) is 0 Å². The number of pyridine rings is 1. The molecule has 1 aromatic rings. The van der Waals surface area contributed by atoms with E-state index in [4.69, 9.17) is 5.73 Å². The first-order chi connectivity index (χ1) is 6.61. The van der Waals surface area contributed by atoms with E-state index in [1.807, 2.05) is 0 Å². The summed E-state index contributed by atoms with van der Waals surface area (Å²) in [4.78, 5) is 14.1. The van der Waals surface area contributed by atoms with Crippen molar-refractivity contribution in [3.8, 4) is 0 Å². The number of halogens is 3. The van der Waals surface area contributed by atoms with Crippen LogP contribution in [0.2, 0.25) is 0 Å². The Kier molecular flexibility index (Phi) is 3.87. The molecule has 0 bridgehead atoms. The number of aromatic nitrogens is 1. The molecule has 0 amide bonds. The van der Waals surface area contributed by atoms with Crippen LogP contribution < -0.4 is 5.73 Å². The quantitative estimate of drug-likeness (QED) is 0.685. The number of nitrogens with two attached hydrogens (primary N) is 1. The first kappa shape index (κ1) is 11.4. The lowest BCUT2D eigenvalue weighted by Crippen LogP contribution is -2.07. The van der Waals surface area contributed by atoms with Gasteiger partial charge in [-0.05, 0) is 28.2 Å². The van der Waals surface area contributed by atoms with E-state index in [1.165, 1.54) is 6.20 Å². The molecule has 1 rings (SSSR count). The van der Waals surface area contributed by atoms with Crippen molar-refractivity contribution in [2.75, 3.05) is 0 Å². The first-order valence-electron chi connectivity index (χ1n) is 3.72. The van der Waals surface area contributed by atoms with Crippen LogP contribution in [-0.2, 0) is 6.54 Å². The van der Waals surface area contributed by atoms with Crippen LogP contribution >= 0.6 is 22.6 Å². The smallest absolute Gasteiger partial charge is 0.267 e. The minimum Gasteiger partial charge on any atom is -0.326 e. The summed E-state index contributed by atoms with van der Waals surface area (Å²) in [6, 6.07) is 0. The summed E-state index contributed by atoms with van der Waals surface area (Å²) in [5.74, 6) is 0. The van der Waals surface area contributed by atoms with Crippen LogP contribution in [0.4, 0.5) is 8.78 Å². The molecule has 3 nitrogen and oxygen atoms in total. The van der Waals surface area contributed by atoms with Gasteiger partial charge in [-0.3, -0.25) is 9.78 Å². The minimum atomic E-state index is -2.71. The molecular formula is C8H7F2IN2O. The minimum absolute atomic E-state index is 0.129. The van der Waals surface area contributed by atoms with E-state index < -0.39 is 6.43 Å². The summed E-state index contributed by atoms with van der Waals surface area (Å²) in [5, 5.41) is 0. The van der Waals surface area contributed by atoms with E-state index in [9.17, 15) is 13.6 Å². The third-order valence-electron chi connectivity index (χ3n) is 1.70. The summed E-state index contributed by atoms with van der Waals surface area (Å²) in [6.07, 6.45) is -1.04. The Bertz CT molecular complexity index is 357. The molecule has 0 atom stereocenters. The highest BCUT2D eigenvalue weighted by atomic mass is 127. The average Bonchev–Trinajstić information content (AvgIpc) is 2.16. The van der Waals surface area contributed by atoms with E-state index in [2.05, 4.69) is 4.98 Å². The SMILES string of the molecule is NCc1cnc(C=O)c(C(F)F)c1I. The van der Waals surface area contributed by atoms with Gasteiger partial charge in [0, 0.05) is 16.3 Å². The van der Waals surface area contributed by atoms with Crippen LogP contribution in [0.3, 0.4) is 0 Å². The number of alkyl halides is 2. The molecule has 0 aliphatic heterocycles. The number of hydrogen-bond acceptors (Lipinski definition) is 3. The second-order valence-electron chi connectivity index (χ2n) is 2.52. The molecule has 0 saturated heterocycles. The maximum Gasteiger partial charge on any atom is 0.267 e. The maximum absolute atomic E-state index is 12.5. The Balaban J connectivity index is 3.38. The molecule has 0 unspecified atom stereocenters. The fraction of sp³-hybridized carbons (Fsp3) is 0.250. The van der Waals surface area contributed by atoms with Gasteiger partial charge >= 0.3 is 0 Å². The molecule has 1 aromatic heterocycles. The monoisotopic (exact) mass is 312 g/mol. The van der Waals surface area contributed by atoms with Crippen LogP contribution in [0.5, 0.6) is 0 Å². The lowest BCUT2D eigenvalue weighted by atomic mass is 10.1. The van der Waals surface area contributed by atoms with Gasteiger partial charge in [-0.2, -0.15) is 0 Å². The molecule has 0 spiro atoms. The highest BCUT2D eigenvalue weighted by molar-refractivity contribution is 14.1. The number of carbonyl (C=O) groups excluding carboxylic acids is 1. The van der Waals surface area contributed by atoms with Crippen LogP contribution in [0.15, 0.2) is 6.20 Å². The maximum atomic E-state index is 12.5. The molecule has 0 radical (unpaired) electrons. The average molecular weight is 312 g/mol. The van der Waals surface area contributed by atoms with E-state index in [0.29, 0.717) is 15.4 Å². The topological polar surface area (TPSA) is 56.0 Å². The Morgan fingerprint density at radius 3 is 2.71 bits per heavy atom. The van der Waals surface area contributed by atoms with Crippen LogP contribution in [-0.4, -0.2) is 11.3 Å². The third-order valence-corrected chi connectivity index (χ3v) is 2.98. The van der Waals surface area contributed by atoms with Crippen molar-refractivity contribution in [2.45, 2.75) is 13.0 Å². The van der Waals surface area contributed by atoms with Crippen molar-refractivity contribution < 1.29 is 13.6 Å². The van der Waals surface area contributed by atoms with Crippen molar-refractivity contribution in [1.29, 1.82) is 0 Å². The molecule has 14 heavy (non-hydrogen) atoms. The van der Waals surface area contributed by atoms with Crippen molar-refractivity contribution >= 4 is 28.9 Å². The lowest BCUT2D eigenvalue weighted by molar-refractivity contribution is 0.110. The second kappa shape index (κ2) is 4.74. The van der Waals surface area contributed by atoms with E-state index >= 15 is 0 Å². The van der Waals surface area contributed by atoms with Gasteiger partial charge in [0.05, 0.1) is 5.56 Å². The van der Waals surface area contributed by atoms with Gasteiger partial charge in [-0.1, -0.05) is 0 Å². The number of nitrogens with zero attached hydrogens (tertiary/aromatic N) is 1. The van der Waals surface area contributed by atoms with Crippen molar-refractivity contribution in [2.24, 2.45) is 5.73 Å². The number of aldehydes is 1. The molecule has 6 heteroatoms. The zero-order valence-corrected chi connectivity index (χ0v) is 9.16. The molecule has 76 valence electrons. The largest absolute Gasteiger partial charge is 0.326 e. The van der Waals surface area contributed by atoms with E-state index in [0.717, 1.165) is 0 Å². The molecular weight excluding hydrogens is 305 g/mol. The molecule has 0 aromatic carbocycles. The summed E-state index contributed by atoms with van der Waals surface area (Å²) >= 11 is 1.75. The van der Waals surface area contributed by atoms with Gasteiger partial charge in [-0.25, -0.2) is 8.78 Å². The molecule has 0 saturated carbocycles. The summed E-state index contributed by atoms with van der Waals surface area (Å²) < 4.78 is 25.4. The summed E-state index contributed by atoms with van der Waals surface area (Å²) in [5.41, 5.74) is 5.30. The number of rotatable bonds is 3. The fourth-order valence-corrected chi connectivity index (χ4v) is 1.87. The summed E-state index contributed by atoms with van der Waals surface area (Å²) in [7, 11) is 0. The predicted molar refractivity (Wildman–Crippen MR) is 55.2 cm³/mol. The molecule has 2 N–H and O–H groups in total. The van der Waals surface area contributed by atoms with Gasteiger partial charge in [0.2, 0.25) is 0 Å². The van der Waals surface area contributed by atoms with Gasteiger partial charge < -0.3 is 5.73 Å². The fourth-order valence-electron chi connectivity index (χ4n) is 1.00. The zero-order chi connectivity index (χ0) is 10.7.